The summed E-state index contributed by atoms with van der Waals surface area (Å²) in [6.45, 7) is 0.923. The summed E-state index contributed by atoms with van der Waals surface area (Å²) in [5.74, 6) is -0.388. The van der Waals surface area contributed by atoms with Crippen LogP contribution in [-0.2, 0) is 0 Å². The third-order valence-corrected chi connectivity index (χ3v) is 6.21. The SMILES string of the molecule is O=C(O)c1cn(-c2cnccn2)c2nc(N3CCC[C@@H]3COc3nnccc3Cl)c(Cl)cc2c1=O. The number of anilines is 1. The number of ether oxygens (including phenoxy) is 1. The Morgan fingerprint density at radius 1 is 1.23 bits per heavy atom. The number of carboxylic acid groups (broad SMARTS) is 1. The van der Waals surface area contributed by atoms with Crippen LogP contribution >= 0.6 is 23.2 Å². The molecule has 4 aromatic heterocycles. The van der Waals surface area contributed by atoms with Gasteiger partial charge in [-0.2, -0.15) is 5.10 Å². The highest BCUT2D eigenvalue weighted by molar-refractivity contribution is 6.33. The molecule has 1 N–H and O–H groups in total. The van der Waals surface area contributed by atoms with Gasteiger partial charge in [0.15, 0.2) is 11.5 Å². The number of aromatic carboxylic acids is 1. The molecule has 4 aromatic rings. The first-order chi connectivity index (χ1) is 16.9. The van der Waals surface area contributed by atoms with Gasteiger partial charge in [-0.15, -0.1) is 5.10 Å². The van der Waals surface area contributed by atoms with E-state index in [0.717, 1.165) is 12.8 Å². The van der Waals surface area contributed by atoms with Crippen molar-refractivity contribution in [1.29, 1.82) is 0 Å². The lowest BCUT2D eigenvalue weighted by Gasteiger charge is -2.27. The fourth-order valence-corrected chi connectivity index (χ4v) is 4.43. The van der Waals surface area contributed by atoms with Gasteiger partial charge in [0.1, 0.15) is 23.0 Å². The van der Waals surface area contributed by atoms with Crippen molar-refractivity contribution in [3.8, 4) is 11.7 Å². The summed E-state index contributed by atoms with van der Waals surface area (Å²) >= 11 is 12.7. The van der Waals surface area contributed by atoms with E-state index in [-0.39, 0.29) is 34.6 Å². The molecule has 5 heterocycles. The first-order valence-electron chi connectivity index (χ1n) is 10.6. The molecule has 0 radical (unpaired) electrons. The van der Waals surface area contributed by atoms with Crippen molar-refractivity contribution in [1.82, 2.24) is 29.7 Å². The Kier molecular flexibility index (Phi) is 6.18. The number of halogens is 2. The van der Waals surface area contributed by atoms with Crippen LogP contribution in [0.4, 0.5) is 5.82 Å². The molecule has 1 aliphatic heterocycles. The quantitative estimate of drug-likeness (QED) is 0.409. The molecule has 35 heavy (non-hydrogen) atoms. The minimum Gasteiger partial charge on any atom is -0.477 e. The maximum atomic E-state index is 12.9. The van der Waals surface area contributed by atoms with E-state index in [2.05, 4.69) is 20.2 Å². The number of hydrogen-bond acceptors (Lipinski definition) is 9. The van der Waals surface area contributed by atoms with E-state index in [1.807, 2.05) is 4.90 Å². The van der Waals surface area contributed by atoms with E-state index in [1.54, 1.807) is 6.07 Å². The summed E-state index contributed by atoms with van der Waals surface area (Å²) < 4.78 is 7.22. The fourth-order valence-electron chi connectivity index (χ4n) is 4.02. The predicted molar refractivity (Wildman–Crippen MR) is 128 cm³/mol. The van der Waals surface area contributed by atoms with Crippen LogP contribution in [0, 0.1) is 0 Å². The Hall–Kier alpha value is -3.83. The molecule has 13 heteroatoms. The monoisotopic (exact) mass is 513 g/mol. The van der Waals surface area contributed by atoms with Gasteiger partial charge in [-0.3, -0.25) is 14.3 Å². The third kappa shape index (κ3) is 4.35. The van der Waals surface area contributed by atoms with Crippen LogP contribution in [0.25, 0.3) is 16.9 Å². The molecule has 0 amide bonds. The average molecular weight is 514 g/mol. The van der Waals surface area contributed by atoms with Gasteiger partial charge in [0.25, 0.3) is 5.88 Å². The van der Waals surface area contributed by atoms with Gasteiger partial charge < -0.3 is 14.7 Å². The van der Waals surface area contributed by atoms with Crippen molar-refractivity contribution in [3.05, 3.63) is 68.9 Å². The van der Waals surface area contributed by atoms with Crippen molar-refractivity contribution < 1.29 is 14.6 Å². The topological polar surface area (TPSA) is 136 Å². The standard InChI is InChI=1S/C22H17Cl2N7O4/c23-15-3-4-27-29-21(15)35-11-12-2-1-7-30(12)20-16(24)8-13-18(32)14(22(33)34)10-31(19(13)28-20)17-9-25-5-6-26-17/h3-6,8-10,12H,1-2,7,11H2,(H,33,34)/t12-/m1/s1. The smallest absolute Gasteiger partial charge is 0.341 e. The van der Waals surface area contributed by atoms with E-state index < -0.39 is 17.0 Å². The van der Waals surface area contributed by atoms with E-state index in [9.17, 15) is 14.7 Å². The molecule has 0 bridgehead atoms. The molecular formula is C22H17Cl2N7O4. The molecule has 1 saturated heterocycles. The third-order valence-electron chi connectivity index (χ3n) is 5.64. The van der Waals surface area contributed by atoms with Crippen molar-refractivity contribution in [2.45, 2.75) is 18.9 Å². The molecule has 1 aliphatic rings. The van der Waals surface area contributed by atoms with Crippen LogP contribution in [0.5, 0.6) is 5.88 Å². The molecule has 0 saturated carbocycles. The number of nitrogens with zero attached hydrogens (tertiary/aromatic N) is 7. The highest BCUT2D eigenvalue weighted by Crippen LogP contribution is 2.33. The molecule has 0 unspecified atom stereocenters. The predicted octanol–water partition coefficient (Wildman–Crippen LogP) is 3.02. The minimum atomic E-state index is -1.37. The van der Waals surface area contributed by atoms with Crippen LogP contribution in [-0.4, -0.2) is 60.0 Å². The van der Waals surface area contributed by atoms with E-state index in [4.69, 9.17) is 32.9 Å². The zero-order valence-corrected chi connectivity index (χ0v) is 19.5. The Morgan fingerprint density at radius 3 is 2.83 bits per heavy atom. The van der Waals surface area contributed by atoms with Gasteiger partial charge in [0, 0.05) is 25.1 Å². The van der Waals surface area contributed by atoms with Crippen LogP contribution in [0.2, 0.25) is 10.0 Å². The Balaban J connectivity index is 1.58. The van der Waals surface area contributed by atoms with Crippen LogP contribution in [0.15, 0.2) is 47.9 Å². The summed E-state index contributed by atoms with van der Waals surface area (Å²) in [7, 11) is 0. The minimum absolute atomic E-state index is 0.0580. The summed E-state index contributed by atoms with van der Waals surface area (Å²) in [5, 5.41) is 17.9. The van der Waals surface area contributed by atoms with Crippen molar-refractivity contribution in [3.63, 3.8) is 0 Å². The number of fused-ring (bicyclic) bond motifs is 1. The van der Waals surface area contributed by atoms with Crippen LogP contribution in [0.3, 0.4) is 0 Å². The van der Waals surface area contributed by atoms with Gasteiger partial charge >= 0.3 is 5.97 Å². The molecule has 0 aromatic carbocycles. The largest absolute Gasteiger partial charge is 0.477 e. The maximum Gasteiger partial charge on any atom is 0.341 e. The number of pyridine rings is 2. The van der Waals surface area contributed by atoms with E-state index in [0.29, 0.717) is 23.2 Å². The second kappa shape index (κ2) is 9.43. The van der Waals surface area contributed by atoms with Gasteiger partial charge in [-0.25, -0.2) is 14.8 Å². The first kappa shape index (κ1) is 22.9. The van der Waals surface area contributed by atoms with Gasteiger partial charge in [0.2, 0.25) is 5.43 Å². The lowest BCUT2D eigenvalue weighted by atomic mass is 10.2. The molecule has 1 fully saturated rings. The van der Waals surface area contributed by atoms with Crippen molar-refractivity contribution in [2.24, 2.45) is 0 Å². The van der Waals surface area contributed by atoms with Crippen molar-refractivity contribution in [2.75, 3.05) is 18.1 Å². The van der Waals surface area contributed by atoms with Gasteiger partial charge in [-0.05, 0) is 25.0 Å². The average Bonchev–Trinajstić information content (AvgIpc) is 3.32. The van der Waals surface area contributed by atoms with Gasteiger partial charge in [-0.1, -0.05) is 23.2 Å². The number of carbonyl (C=O) groups is 1. The fraction of sp³-hybridized carbons (Fsp3) is 0.227. The molecule has 178 valence electrons. The summed E-state index contributed by atoms with van der Waals surface area (Å²) in [5.41, 5.74) is -0.905. The highest BCUT2D eigenvalue weighted by Gasteiger charge is 2.30. The molecule has 0 aliphatic carbocycles. The van der Waals surface area contributed by atoms with Crippen LogP contribution in [0.1, 0.15) is 23.2 Å². The number of hydrogen-bond donors (Lipinski definition) is 1. The second-order valence-electron chi connectivity index (χ2n) is 7.76. The Bertz CT molecular complexity index is 1480. The normalized spacial score (nSPS) is 15.5. The van der Waals surface area contributed by atoms with Crippen LogP contribution < -0.4 is 15.1 Å². The Labute approximate surface area is 208 Å². The number of rotatable bonds is 6. The van der Waals surface area contributed by atoms with E-state index in [1.165, 1.54) is 41.6 Å². The summed E-state index contributed by atoms with van der Waals surface area (Å²) in [6, 6.07) is 2.94. The molecule has 1 atom stereocenters. The lowest BCUT2D eigenvalue weighted by Crippen LogP contribution is -2.35. The number of aromatic nitrogens is 6. The zero-order valence-electron chi connectivity index (χ0n) is 18.0. The molecule has 11 nitrogen and oxygen atoms in total. The van der Waals surface area contributed by atoms with E-state index >= 15 is 0 Å². The molecular weight excluding hydrogens is 497 g/mol. The first-order valence-corrected chi connectivity index (χ1v) is 11.3. The van der Waals surface area contributed by atoms with Crippen molar-refractivity contribution >= 4 is 46.0 Å². The summed E-state index contributed by atoms with van der Waals surface area (Å²) in [4.78, 5) is 39.6. The molecule has 0 spiro atoms. The second-order valence-corrected chi connectivity index (χ2v) is 8.57. The maximum absolute atomic E-state index is 12.9. The van der Waals surface area contributed by atoms with Gasteiger partial charge in [0.05, 0.1) is 28.8 Å². The highest BCUT2D eigenvalue weighted by atomic mass is 35.5. The Morgan fingerprint density at radius 2 is 2.09 bits per heavy atom. The lowest BCUT2D eigenvalue weighted by molar-refractivity contribution is 0.0695. The summed E-state index contributed by atoms with van der Waals surface area (Å²) in [6.07, 6.45) is 8.74. The number of carboxylic acids is 1. The zero-order chi connectivity index (χ0) is 24.5. The molecule has 5 rings (SSSR count).